The van der Waals surface area contributed by atoms with Crippen molar-refractivity contribution in [2.45, 2.75) is 58.0 Å². The second-order valence-electron chi connectivity index (χ2n) is 6.82. The Morgan fingerprint density at radius 2 is 2.12 bits per heavy atom. The van der Waals surface area contributed by atoms with Crippen molar-refractivity contribution in [1.29, 1.82) is 0 Å². The molecule has 1 saturated heterocycles. The Labute approximate surface area is 155 Å². The van der Waals surface area contributed by atoms with Crippen molar-refractivity contribution >= 4 is 11.9 Å². The molecule has 26 heavy (non-hydrogen) atoms. The molecule has 8 nitrogen and oxygen atoms in total. The van der Waals surface area contributed by atoms with Crippen LogP contribution < -0.4 is 16.4 Å². The SMILES string of the molecule is CCC(CC)c1cc(CNC(=NC)NC2CCN(CC(N)=O)CC2)on1. The van der Waals surface area contributed by atoms with Crippen molar-refractivity contribution in [3.63, 3.8) is 0 Å². The third kappa shape index (κ3) is 6.01. The van der Waals surface area contributed by atoms with Crippen molar-refractivity contribution in [3.8, 4) is 0 Å². The van der Waals surface area contributed by atoms with Gasteiger partial charge in [0.25, 0.3) is 0 Å². The predicted molar refractivity (Wildman–Crippen MR) is 102 cm³/mol. The predicted octanol–water partition coefficient (Wildman–Crippen LogP) is 1.19. The van der Waals surface area contributed by atoms with E-state index in [2.05, 4.69) is 39.5 Å². The van der Waals surface area contributed by atoms with Gasteiger partial charge in [0.1, 0.15) is 0 Å². The van der Waals surface area contributed by atoms with Gasteiger partial charge in [0.15, 0.2) is 11.7 Å². The van der Waals surface area contributed by atoms with Crippen LogP contribution in [-0.4, -0.2) is 54.6 Å². The van der Waals surface area contributed by atoms with Crippen LogP contribution in [0.3, 0.4) is 0 Å². The molecule has 1 aliphatic rings. The van der Waals surface area contributed by atoms with E-state index in [1.807, 2.05) is 6.07 Å². The molecule has 0 spiro atoms. The van der Waals surface area contributed by atoms with Crippen LogP contribution in [0.25, 0.3) is 0 Å². The molecular formula is C18H32N6O2. The summed E-state index contributed by atoms with van der Waals surface area (Å²) in [6.45, 7) is 6.94. The highest BCUT2D eigenvalue weighted by Gasteiger charge is 2.21. The summed E-state index contributed by atoms with van der Waals surface area (Å²) in [6, 6.07) is 2.36. The summed E-state index contributed by atoms with van der Waals surface area (Å²) in [7, 11) is 1.76. The van der Waals surface area contributed by atoms with Gasteiger partial charge in [-0.3, -0.25) is 14.7 Å². The smallest absolute Gasteiger partial charge is 0.231 e. The first kappa shape index (κ1) is 20.2. The minimum absolute atomic E-state index is 0.270. The van der Waals surface area contributed by atoms with Gasteiger partial charge in [-0.1, -0.05) is 19.0 Å². The monoisotopic (exact) mass is 364 g/mol. The number of nitrogens with one attached hydrogen (secondary N) is 2. The Kier molecular flexibility index (Phi) is 7.90. The first-order chi connectivity index (χ1) is 12.5. The van der Waals surface area contributed by atoms with Crippen molar-refractivity contribution in [3.05, 3.63) is 17.5 Å². The summed E-state index contributed by atoms with van der Waals surface area (Å²) < 4.78 is 5.44. The van der Waals surface area contributed by atoms with E-state index in [-0.39, 0.29) is 5.91 Å². The molecule has 0 unspecified atom stereocenters. The number of rotatable bonds is 8. The van der Waals surface area contributed by atoms with Gasteiger partial charge in [-0.2, -0.15) is 0 Å². The van der Waals surface area contributed by atoms with Crippen LogP contribution in [0, 0.1) is 0 Å². The van der Waals surface area contributed by atoms with E-state index < -0.39 is 0 Å². The molecule has 1 amide bonds. The number of carbonyl (C=O) groups is 1. The molecular weight excluding hydrogens is 332 g/mol. The summed E-state index contributed by atoms with van der Waals surface area (Å²) in [6.07, 6.45) is 4.03. The molecule has 1 aliphatic heterocycles. The van der Waals surface area contributed by atoms with Crippen LogP contribution in [0.1, 0.15) is 56.9 Å². The number of hydrogen-bond donors (Lipinski definition) is 3. The Morgan fingerprint density at radius 3 is 2.69 bits per heavy atom. The lowest BCUT2D eigenvalue weighted by atomic mass is 9.99. The average molecular weight is 364 g/mol. The van der Waals surface area contributed by atoms with Crippen LogP contribution in [-0.2, 0) is 11.3 Å². The quantitative estimate of drug-likeness (QED) is 0.472. The number of likely N-dealkylation sites (tertiary alicyclic amines) is 1. The highest BCUT2D eigenvalue weighted by atomic mass is 16.5. The third-order valence-corrected chi connectivity index (χ3v) is 4.94. The molecule has 2 heterocycles. The van der Waals surface area contributed by atoms with Gasteiger partial charge in [0.05, 0.1) is 18.8 Å². The Morgan fingerprint density at radius 1 is 1.42 bits per heavy atom. The van der Waals surface area contributed by atoms with E-state index in [0.717, 1.165) is 56.2 Å². The second kappa shape index (κ2) is 10.2. The molecule has 146 valence electrons. The molecule has 8 heteroatoms. The molecule has 1 aromatic rings. The number of hydrogen-bond acceptors (Lipinski definition) is 5. The summed E-state index contributed by atoms with van der Waals surface area (Å²) in [5, 5.41) is 10.9. The standard InChI is InChI=1S/C18H32N6O2/c1-4-13(5-2)16-10-15(26-23-16)11-21-18(20-3)22-14-6-8-24(9-7-14)12-17(19)25/h10,13-14H,4-9,11-12H2,1-3H3,(H2,19,25)(H2,20,21,22). The van der Waals surface area contributed by atoms with Crippen LogP contribution >= 0.6 is 0 Å². The molecule has 0 atom stereocenters. The molecule has 0 aromatic carbocycles. The molecule has 1 fully saturated rings. The largest absolute Gasteiger partial charge is 0.369 e. The van der Waals surface area contributed by atoms with Crippen LogP contribution in [0.15, 0.2) is 15.6 Å². The van der Waals surface area contributed by atoms with Gasteiger partial charge < -0.3 is 20.9 Å². The van der Waals surface area contributed by atoms with Gasteiger partial charge in [-0.15, -0.1) is 0 Å². The average Bonchev–Trinajstić information content (AvgIpc) is 3.09. The van der Waals surface area contributed by atoms with Gasteiger partial charge in [-0.05, 0) is 25.7 Å². The Hall–Kier alpha value is -2.09. The van der Waals surface area contributed by atoms with Crippen LogP contribution in [0.5, 0.6) is 0 Å². The third-order valence-electron chi connectivity index (χ3n) is 4.94. The number of aliphatic imine (C=N–C) groups is 1. The van der Waals surface area contributed by atoms with E-state index in [4.69, 9.17) is 10.3 Å². The fourth-order valence-corrected chi connectivity index (χ4v) is 3.33. The first-order valence-electron chi connectivity index (χ1n) is 9.49. The molecule has 0 saturated carbocycles. The maximum atomic E-state index is 11.0. The topological polar surface area (TPSA) is 109 Å². The van der Waals surface area contributed by atoms with Crippen LogP contribution in [0.4, 0.5) is 0 Å². The molecule has 4 N–H and O–H groups in total. The number of primary amides is 1. The number of nitrogens with two attached hydrogens (primary N) is 1. The van der Waals surface area contributed by atoms with Crippen LogP contribution in [0.2, 0.25) is 0 Å². The van der Waals surface area contributed by atoms with E-state index in [1.54, 1.807) is 7.05 Å². The number of nitrogens with zero attached hydrogens (tertiary/aromatic N) is 3. The zero-order valence-corrected chi connectivity index (χ0v) is 16.1. The minimum Gasteiger partial charge on any atom is -0.369 e. The molecule has 0 bridgehead atoms. The van der Waals surface area contributed by atoms with E-state index in [0.29, 0.717) is 25.0 Å². The maximum Gasteiger partial charge on any atom is 0.231 e. The summed E-state index contributed by atoms with van der Waals surface area (Å²) in [4.78, 5) is 17.4. The lowest BCUT2D eigenvalue weighted by Crippen LogP contribution is -2.49. The molecule has 2 rings (SSSR count). The molecule has 1 aromatic heterocycles. The maximum absolute atomic E-state index is 11.0. The fraction of sp³-hybridized carbons (Fsp3) is 0.722. The number of amides is 1. The number of carbonyl (C=O) groups excluding carboxylic acids is 1. The van der Waals surface area contributed by atoms with E-state index >= 15 is 0 Å². The Bertz CT molecular complexity index is 588. The highest BCUT2D eigenvalue weighted by molar-refractivity contribution is 5.80. The number of piperidine rings is 1. The number of guanidine groups is 1. The number of aromatic nitrogens is 1. The lowest BCUT2D eigenvalue weighted by Gasteiger charge is -2.32. The summed E-state index contributed by atoms with van der Waals surface area (Å²) >= 11 is 0. The van der Waals surface area contributed by atoms with Crippen molar-refractivity contribution < 1.29 is 9.32 Å². The lowest BCUT2D eigenvalue weighted by molar-refractivity contribution is -0.119. The van der Waals surface area contributed by atoms with E-state index in [1.165, 1.54) is 0 Å². The molecule has 0 aliphatic carbocycles. The summed E-state index contributed by atoms with van der Waals surface area (Å²) in [5.74, 6) is 1.74. The van der Waals surface area contributed by atoms with Gasteiger partial charge >= 0.3 is 0 Å². The van der Waals surface area contributed by atoms with Gasteiger partial charge in [0, 0.05) is 38.2 Å². The van der Waals surface area contributed by atoms with Gasteiger partial charge in [0.2, 0.25) is 5.91 Å². The molecule has 0 radical (unpaired) electrons. The van der Waals surface area contributed by atoms with Crippen molar-refractivity contribution in [2.24, 2.45) is 10.7 Å². The van der Waals surface area contributed by atoms with E-state index in [9.17, 15) is 4.79 Å². The minimum atomic E-state index is -0.270. The fourth-order valence-electron chi connectivity index (χ4n) is 3.33. The van der Waals surface area contributed by atoms with Crippen molar-refractivity contribution in [2.75, 3.05) is 26.7 Å². The second-order valence-corrected chi connectivity index (χ2v) is 6.82. The normalized spacial score (nSPS) is 16.8. The summed E-state index contributed by atoms with van der Waals surface area (Å²) in [5.41, 5.74) is 6.28. The van der Waals surface area contributed by atoms with Gasteiger partial charge in [-0.25, -0.2) is 0 Å². The van der Waals surface area contributed by atoms with Crippen molar-refractivity contribution in [1.82, 2.24) is 20.7 Å². The Balaban J connectivity index is 1.77. The first-order valence-corrected chi connectivity index (χ1v) is 9.49. The zero-order chi connectivity index (χ0) is 18.9. The zero-order valence-electron chi connectivity index (χ0n) is 16.1. The highest BCUT2D eigenvalue weighted by Crippen LogP contribution is 2.22.